The van der Waals surface area contributed by atoms with E-state index in [-0.39, 0.29) is 16.6 Å². The first-order chi connectivity index (χ1) is 11.4. The van der Waals surface area contributed by atoms with E-state index in [2.05, 4.69) is 9.71 Å². The van der Waals surface area contributed by atoms with Crippen LogP contribution in [0.25, 0.3) is 0 Å². The fourth-order valence-corrected chi connectivity index (χ4v) is 3.03. The summed E-state index contributed by atoms with van der Waals surface area (Å²) in [5, 5.41) is 0. The molecule has 4 N–H and O–H groups in total. The summed E-state index contributed by atoms with van der Waals surface area (Å²) in [6.45, 7) is 0.454. The van der Waals surface area contributed by atoms with Gasteiger partial charge in [-0.05, 0) is 23.8 Å². The molecular formula is C16H19FN3O3S+. The van der Waals surface area contributed by atoms with Crippen LogP contribution in [-0.4, -0.2) is 28.0 Å². The molecule has 0 saturated carbocycles. The number of nitrogens with one attached hydrogen (secondary N) is 2. The van der Waals surface area contributed by atoms with Crippen LogP contribution in [-0.2, 0) is 16.4 Å². The fourth-order valence-electron chi connectivity index (χ4n) is 2.04. The third kappa shape index (κ3) is 4.69. The third-order valence-corrected chi connectivity index (χ3v) is 4.61. The summed E-state index contributed by atoms with van der Waals surface area (Å²) in [7, 11) is -2.67. The summed E-state index contributed by atoms with van der Waals surface area (Å²) < 4.78 is 44.9. The summed E-state index contributed by atoms with van der Waals surface area (Å²) >= 11 is 0. The average molecular weight is 352 g/mol. The topological polar surface area (TPSA) is 95.4 Å². The van der Waals surface area contributed by atoms with Crippen LogP contribution in [0.5, 0.6) is 5.75 Å². The molecule has 0 spiro atoms. The van der Waals surface area contributed by atoms with Crippen molar-refractivity contribution in [2.45, 2.75) is 11.3 Å². The van der Waals surface area contributed by atoms with Crippen LogP contribution in [0.2, 0.25) is 0 Å². The van der Waals surface area contributed by atoms with E-state index in [4.69, 9.17) is 10.5 Å². The number of methoxy groups -OCH3 is 1. The van der Waals surface area contributed by atoms with Gasteiger partial charge >= 0.3 is 16.0 Å². The number of hydrogen-bond acceptors (Lipinski definition) is 3. The Hall–Kier alpha value is -2.61. The monoisotopic (exact) mass is 352 g/mol. The number of sulfonamides is 1. The fraction of sp³-hybridized carbons (Fsp3) is 0.188. The Bertz CT molecular complexity index is 824. The first-order valence-electron chi connectivity index (χ1n) is 7.19. The molecule has 24 heavy (non-hydrogen) atoms. The highest BCUT2D eigenvalue weighted by Crippen LogP contribution is 2.20. The first-order valence-corrected chi connectivity index (χ1v) is 8.67. The number of rotatable bonds is 6. The molecule has 0 saturated heterocycles. The smallest absolute Gasteiger partial charge is 0.356 e. The Morgan fingerprint density at radius 3 is 2.58 bits per heavy atom. The molecule has 0 aromatic heterocycles. The molecule has 2 rings (SSSR count). The minimum atomic E-state index is -3.97. The van der Waals surface area contributed by atoms with Crippen molar-refractivity contribution in [2.75, 3.05) is 13.7 Å². The number of halogens is 1. The Morgan fingerprint density at radius 2 is 1.96 bits per heavy atom. The molecular weight excluding hydrogens is 333 g/mol. The zero-order chi connectivity index (χ0) is 17.6. The van der Waals surface area contributed by atoms with Crippen LogP contribution < -0.4 is 20.2 Å². The lowest BCUT2D eigenvalue weighted by Crippen LogP contribution is -2.79. The van der Waals surface area contributed by atoms with Gasteiger partial charge < -0.3 is 4.74 Å². The summed E-state index contributed by atoms with van der Waals surface area (Å²) in [5.74, 6) is -0.926. The van der Waals surface area contributed by atoms with E-state index in [1.807, 2.05) is 30.3 Å². The molecule has 0 bridgehead atoms. The van der Waals surface area contributed by atoms with E-state index in [1.54, 1.807) is 0 Å². The first kappa shape index (κ1) is 17.7. The maximum atomic E-state index is 13.6. The summed E-state index contributed by atoms with van der Waals surface area (Å²) in [4.78, 5) is 2.54. The van der Waals surface area contributed by atoms with E-state index < -0.39 is 15.8 Å². The third-order valence-electron chi connectivity index (χ3n) is 3.25. The molecule has 8 heteroatoms. The average Bonchev–Trinajstić information content (AvgIpc) is 2.55. The molecule has 0 radical (unpaired) electrons. The zero-order valence-corrected chi connectivity index (χ0v) is 13.9. The molecule has 0 aliphatic heterocycles. The molecule has 0 amide bonds. The molecule has 2 aromatic carbocycles. The van der Waals surface area contributed by atoms with Gasteiger partial charge in [0.2, 0.25) is 0 Å². The second-order valence-corrected chi connectivity index (χ2v) is 6.66. The Kier molecular flexibility index (Phi) is 5.75. The van der Waals surface area contributed by atoms with Gasteiger partial charge in [-0.1, -0.05) is 30.3 Å². The number of nitrogens with two attached hydrogens (primary N) is 1. The molecule has 0 atom stereocenters. The second kappa shape index (κ2) is 7.78. The largest absolute Gasteiger partial charge is 0.494 e. The van der Waals surface area contributed by atoms with Crippen LogP contribution in [0, 0.1) is 5.82 Å². The van der Waals surface area contributed by atoms with Crippen LogP contribution >= 0.6 is 0 Å². The SMILES string of the molecule is COc1ccc(S(=O)(=O)NC(N)=[NH+]CCc2ccccc2)cc1F. The van der Waals surface area contributed by atoms with Crippen molar-refractivity contribution in [3.05, 3.63) is 59.9 Å². The van der Waals surface area contributed by atoms with Gasteiger partial charge in [-0.3, -0.25) is 10.7 Å². The molecule has 128 valence electrons. The molecule has 0 heterocycles. The maximum absolute atomic E-state index is 13.6. The highest BCUT2D eigenvalue weighted by atomic mass is 32.2. The standard InChI is InChI=1S/C16H18FN3O3S/c1-23-15-8-7-13(11-14(15)17)24(21,22)20-16(18)19-10-9-12-5-3-2-4-6-12/h2-8,11H,9-10H2,1H3,(H3,18,19,20)/p+1. The van der Waals surface area contributed by atoms with Crippen molar-refractivity contribution in [3.63, 3.8) is 0 Å². The number of guanidine groups is 1. The van der Waals surface area contributed by atoms with E-state index >= 15 is 0 Å². The van der Waals surface area contributed by atoms with Gasteiger partial charge in [-0.2, -0.15) is 13.1 Å². The van der Waals surface area contributed by atoms with Crippen molar-refractivity contribution in [3.8, 4) is 5.75 Å². The summed E-state index contributed by atoms with van der Waals surface area (Å²) in [5.41, 5.74) is 6.75. The van der Waals surface area contributed by atoms with Gasteiger partial charge in [-0.15, -0.1) is 0 Å². The van der Waals surface area contributed by atoms with Crippen LogP contribution in [0.1, 0.15) is 5.56 Å². The normalized spacial score (nSPS) is 12.0. The van der Waals surface area contributed by atoms with E-state index in [0.29, 0.717) is 13.0 Å². The van der Waals surface area contributed by atoms with Crippen molar-refractivity contribution in [1.29, 1.82) is 0 Å². The van der Waals surface area contributed by atoms with Crippen LogP contribution in [0.3, 0.4) is 0 Å². The predicted octanol–water partition coefficient (Wildman–Crippen LogP) is -0.249. The van der Waals surface area contributed by atoms with Crippen LogP contribution in [0.15, 0.2) is 53.4 Å². The molecule has 0 unspecified atom stereocenters. The zero-order valence-electron chi connectivity index (χ0n) is 13.1. The number of ether oxygens (including phenoxy) is 1. The van der Waals surface area contributed by atoms with E-state index in [1.165, 1.54) is 19.2 Å². The molecule has 0 aliphatic rings. The van der Waals surface area contributed by atoms with Crippen molar-refractivity contribution in [2.24, 2.45) is 5.73 Å². The second-order valence-electron chi connectivity index (χ2n) is 4.98. The summed E-state index contributed by atoms with van der Waals surface area (Å²) in [6.07, 6.45) is 0.681. The van der Waals surface area contributed by atoms with Crippen molar-refractivity contribution < 1.29 is 22.5 Å². The summed E-state index contributed by atoms with van der Waals surface area (Å²) in [6, 6.07) is 13.0. The highest BCUT2D eigenvalue weighted by Gasteiger charge is 2.21. The minimum Gasteiger partial charge on any atom is -0.494 e. The predicted molar refractivity (Wildman–Crippen MR) is 88.4 cm³/mol. The number of hydrogen-bond donors (Lipinski definition) is 3. The van der Waals surface area contributed by atoms with Gasteiger partial charge in [0, 0.05) is 6.42 Å². The highest BCUT2D eigenvalue weighted by molar-refractivity contribution is 7.90. The van der Waals surface area contributed by atoms with Gasteiger partial charge in [0.15, 0.2) is 11.6 Å². The number of benzene rings is 2. The maximum Gasteiger partial charge on any atom is 0.356 e. The lowest BCUT2D eigenvalue weighted by molar-refractivity contribution is -0.459. The lowest BCUT2D eigenvalue weighted by Gasteiger charge is -2.05. The van der Waals surface area contributed by atoms with Gasteiger partial charge in [0.25, 0.3) is 0 Å². The van der Waals surface area contributed by atoms with Gasteiger partial charge in [0.05, 0.1) is 13.7 Å². The van der Waals surface area contributed by atoms with E-state index in [9.17, 15) is 12.8 Å². The molecule has 0 aliphatic carbocycles. The Balaban J connectivity index is 2.02. The minimum absolute atomic E-state index is 0.0353. The Labute approximate surface area is 140 Å². The van der Waals surface area contributed by atoms with Gasteiger partial charge in [0.1, 0.15) is 4.90 Å². The Morgan fingerprint density at radius 1 is 1.25 bits per heavy atom. The molecule has 6 nitrogen and oxygen atoms in total. The van der Waals surface area contributed by atoms with E-state index in [0.717, 1.165) is 11.6 Å². The van der Waals surface area contributed by atoms with Crippen molar-refractivity contribution >= 4 is 16.0 Å². The van der Waals surface area contributed by atoms with Crippen molar-refractivity contribution in [1.82, 2.24) is 4.72 Å². The van der Waals surface area contributed by atoms with Gasteiger partial charge in [-0.25, -0.2) is 4.39 Å². The van der Waals surface area contributed by atoms with Crippen LogP contribution in [0.4, 0.5) is 4.39 Å². The molecule has 0 fully saturated rings. The quantitative estimate of drug-likeness (QED) is 0.494. The lowest BCUT2D eigenvalue weighted by atomic mass is 10.2. The molecule has 2 aromatic rings.